The van der Waals surface area contributed by atoms with Crippen molar-refractivity contribution < 1.29 is 0 Å². The molecule has 0 aliphatic heterocycles. The smallest absolute Gasteiger partial charge is 0.0386 e. The molecule has 1 unspecified atom stereocenters. The Labute approximate surface area is 113 Å². The van der Waals surface area contributed by atoms with Crippen molar-refractivity contribution in [3.05, 3.63) is 21.9 Å². The van der Waals surface area contributed by atoms with Gasteiger partial charge in [-0.15, -0.1) is 11.3 Å². The van der Waals surface area contributed by atoms with E-state index in [1.54, 1.807) is 0 Å². The van der Waals surface area contributed by atoms with E-state index in [1.807, 2.05) is 23.1 Å². The fraction of sp³-hybridized carbons (Fsp3) is 0.714. The Morgan fingerprint density at radius 2 is 2.24 bits per heavy atom. The summed E-state index contributed by atoms with van der Waals surface area (Å²) >= 11 is 4.00. The first-order valence-electron chi connectivity index (χ1n) is 6.56. The van der Waals surface area contributed by atoms with E-state index in [0.717, 1.165) is 13.0 Å². The molecule has 1 aliphatic carbocycles. The van der Waals surface area contributed by atoms with E-state index in [4.69, 9.17) is 0 Å². The van der Waals surface area contributed by atoms with Crippen LogP contribution < -0.4 is 5.32 Å². The minimum absolute atomic E-state index is 0.505. The maximum absolute atomic E-state index is 3.72. The molecular weight excluding hydrogens is 246 g/mol. The first kappa shape index (κ1) is 13.4. The molecule has 2 rings (SSSR count). The molecule has 0 bridgehead atoms. The van der Waals surface area contributed by atoms with E-state index >= 15 is 0 Å². The Balaban J connectivity index is 1.86. The van der Waals surface area contributed by atoms with Crippen LogP contribution in [0.4, 0.5) is 0 Å². The number of rotatable bonds is 6. The first-order valence-corrected chi connectivity index (χ1v) is 8.60. The maximum atomic E-state index is 3.72. The van der Waals surface area contributed by atoms with Gasteiger partial charge < -0.3 is 5.32 Å². The molecular formula is C14H23NS2. The summed E-state index contributed by atoms with van der Waals surface area (Å²) in [6.07, 6.45) is 7.60. The Kier molecular flexibility index (Phi) is 4.56. The van der Waals surface area contributed by atoms with Crippen molar-refractivity contribution in [2.45, 2.75) is 50.3 Å². The fourth-order valence-corrected chi connectivity index (χ4v) is 4.19. The summed E-state index contributed by atoms with van der Waals surface area (Å²) in [7, 11) is 0. The van der Waals surface area contributed by atoms with Gasteiger partial charge in [-0.1, -0.05) is 13.3 Å². The summed E-state index contributed by atoms with van der Waals surface area (Å²) in [5.74, 6) is 0. The highest BCUT2D eigenvalue weighted by atomic mass is 32.2. The lowest BCUT2D eigenvalue weighted by molar-refractivity contribution is 0.335. The second kappa shape index (κ2) is 5.77. The molecule has 3 heteroatoms. The highest BCUT2D eigenvalue weighted by Gasteiger charge is 2.36. The van der Waals surface area contributed by atoms with E-state index < -0.39 is 0 Å². The van der Waals surface area contributed by atoms with Gasteiger partial charge in [-0.05, 0) is 44.6 Å². The van der Waals surface area contributed by atoms with Gasteiger partial charge in [-0.3, -0.25) is 0 Å². The van der Waals surface area contributed by atoms with Gasteiger partial charge >= 0.3 is 0 Å². The molecule has 1 fully saturated rings. The molecule has 1 aliphatic rings. The largest absolute Gasteiger partial charge is 0.308 e. The summed E-state index contributed by atoms with van der Waals surface area (Å²) in [4.78, 5) is 2.98. The van der Waals surface area contributed by atoms with Crippen molar-refractivity contribution in [1.29, 1.82) is 0 Å². The van der Waals surface area contributed by atoms with Gasteiger partial charge in [-0.25, -0.2) is 0 Å². The average Bonchev–Trinajstić information content (AvgIpc) is 2.76. The van der Waals surface area contributed by atoms with E-state index in [-0.39, 0.29) is 0 Å². The average molecular weight is 269 g/mol. The Morgan fingerprint density at radius 1 is 1.47 bits per heavy atom. The molecule has 0 saturated heterocycles. The zero-order chi connectivity index (χ0) is 12.3. The molecule has 0 radical (unpaired) electrons. The van der Waals surface area contributed by atoms with Gasteiger partial charge in [0, 0.05) is 27.1 Å². The van der Waals surface area contributed by atoms with Crippen LogP contribution in [0.3, 0.4) is 0 Å². The van der Waals surface area contributed by atoms with Crippen molar-refractivity contribution in [1.82, 2.24) is 5.32 Å². The van der Waals surface area contributed by atoms with Gasteiger partial charge in [0.1, 0.15) is 0 Å². The lowest BCUT2D eigenvalue weighted by atomic mass is 9.84. The molecule has 1 aromatic heterocycles. The molecule has 0 aromatic carbocycles. The molecule has 17 heavy (non-hydrogen) atoms. The SMILES string of the molecule is CCc1ccc(C(C)NCC2(SC)CCC2)s1. The highest BCUT2D eigenvalue weighted by molar-refractivity contribution is 8.00. The summed E-state index contributed by atoms with van der Waals surface area (Å²) in [5.41, 5.74) is 0. The van der Waals surface area contributed by atoms with Crippen LogP contribution in [0.5, 0.6) is 0 Å². The summed E-state index contributed by atoms with van der Waals surface area (Å²) in [6.45, 7) is 5.68. The molecule has 0 spiro atoms. The molecule has 1 heterocycles. The third-order valence-corrected chi connectivity index (χ3v) is 6.72. The van der Waals surface area contributed by atoms with E-state index in [9.17, 15) is 0 Å². The lowest BCUT2D eigenvalue weighted by Gasteiger charge is -2.41. The van der Waals surface area contributed by atoms with Crippen LogP contribution in [0.1, 0.15) is 48.9 Å². The monoisotopic (exact) mass is 269 g/mol. The Bertz CT molecular complexity index is 349. The third-order valence-electron chi connectivity index (χ3n) is 3.89. The number of nitrogens with one attached hydrogen (secondary N) is 1. The molecule has 1 nitrogen and oxygen atoms in total. The van der Waals surface area contributed by atoms with Crippen molar-refractivity contribution in [3.8, 4) is 0 Å². The number of thiophene rings is 1. The van der Waals surface area contributed by atoms with Crippen molar-refractivity contribution in [2.75, 3.05) is 12.8 Å². The molecule has 96 valence electrons. The van der Waals surface area contributed by atoms with Gasteiger partial charge in [0.2, 0.25) is 0 Å². The first-order chi connectivity index (χ1) is 8.19. The van der Waals surface area contributed by atoms with Crippen LogP contribution in [0, 0.1) is 0 Å². The predicted octanol–water partition coefficient (Wildman–Crippen LogP) is 4.25. The highest BCUT2D eigenvalue weighted by Crippen LogP contribution is 2.42. The number of hydrogen-bond acceptors (Lipinski definition) is 3. The summed E-state index contributed by atoms with van der Waals surface area (Å²) in [5, 5.41) is 3.72. The van der Waals surface area contributed by atoms with E-state index in [2.05, 4.69) is 37.6 Å². The molecule has 0 amide bonds. The standard InChI is InChI=1S/C14H23NS2/c1-4-12-6-7-13(17-12)11(2)15-10-14(16-3)8-5-9-14/h6-7,11,15H,4-5,8-10H2,1-3H3. The second-order valence-corrected chi connectivity index (χ2v) is 7.48. The zero-order valence-electron chi connectivity index (χ0n) is 11.1. The minimum atomic E-state index is 0.505. The van der Waals surface area contributed by atoms with Gasteiger partial charge in [0.15, 0.2) is 0 Å². The number of aryl methyl sites for hydroxylation is 1. The predicted molar refractivity (Wildman–Crippen MR) is 80.2 cm³/mol. The van der Waals surface area contributed by atoms with Gasteiger partial charge in [0.05, 0.1) is 0 Å². The quantitative estimate of drug-likeness (QED) is 0.828. The molecule has 1 N–H and O–H groups in total. The maximum Gasteiger partial charge on any atom is 0.0386 e. The fourth-order valence-electron chi connectivity index (χ4n) is 2.28. The molecule has 1 aromatic rings. The minimum Gasteiger partial charge on any atom is -0.308 e. The van der Waals surface area contributed by atoms with Crippen LogP contribution in [0.25, 0.3) is 0 Å². The zero-order valence-corrected chi connectivity index (χ0v) is 12.7. The normalized spacial score (nSPS) is 19.9. The topological polar surface area (TPSA) is 12.0 Å². The summed E-state index contributed by atoms with van der Waals surface area (Å²) in [6, 6.07) is 5.06. The van der Waals surface area contributed by atoms with E-state index in [1.165, 1.54) is 29.0 Å². The number of hydrogen-bond donors (Lipinski definition) is 1. The second-order valence-electron chi connectivity index (χ2n) is 5.00. The van der Waals surface area contributed by atoms with Crippen molar-refractivity contribution in [3.63, 3.8) is 0 Å². The lowest BCUT2D eigenvalue weighted by Crippen LogP contribution is -2.43. The third kappa shape index (κ3) is 3.07. The molecule has 1 saturated carbocycles. The number of thioether (sulfide) groups is 1. The van der Waals surface area contributed by atoms with E-state index in [0.29, 0.717) is 10.8 Å². The Hall–Kier alpha value is 0.01000. The van der Waals surface area contributed by atoms with Crippen molar-refractivity contribution in [2.24, 2.45) is 0 Å². The van der Waals surface area contributed by atoms with Gasteiger partial charge in [0.25, 0.3) is 0 Å². The van der Waals surface area contributed by atoms with Crippen LogP contribution in [0.2, 0.25) is 0 Å². The van der Waals surface area contributed by atoms with Crippen LogP contribution >= 0.6 is 23.1 Å². The summed E-state index contributed by atoms with van der Waals surface area (Å²) < 4.78 is 0.541. The van der Waals surface area contributed by atoms with Gasteiger partial charge in [-0.2, -0.15) is 11.8 Å². The van der Waals surface area contributed by atoms with Crippen LogP contribution in [0.15, 0.2) is 12.1 Å². The van der Waals surface area contributed by atoms with Crippen LogP contribution in [-0.4, -0.2) is 17.5 Å². The van der Waals surface area contributed by atoms with Crippen molar-refractivity contribution >= 4 is 23.1 Å². The van der Waals surface area contributed by atoms with Crippen LogP contribution in [-0.2, 0) is 6.42 Å². The Morgan fingerprint density at radius 3 is 2.71 bits per heavy atom. The molecule has 1 atom stereocenters.